The summed E-state index contributed by atoms with van der Waals surface area (Å²) in [5, 5.41) is 11.0. The third-order valence-electron chi connectivity index (χ3n) is 7.04. The first-order chi connectivity index (χ1) is 18.8. The van der Waals surface area contributed by atoms with Crippen LogP contribution in [0.3, 0.4) is 0 Å². The van der Waals surface area contributed by atoms with Crippen LogP contribution in [0, 0.1) is 27.7 Å². The molecule has 0 fully saturated rings. The van der Waals surface area contributed by atoms with Crippen LogP contribution in [0.1, 0.15) is 61.7 Å². The summed E-state index contributed by atoms with van der Waals surface area (Å²) in [5.41, 5.74) is 11.1. The van der Waals surface area contributed by atoms with E-state index in [2.05, 4.69) is 25.7 Å². The molecule has 0 unspecified atom stereocenters. The lowest BCUT2D eigenvalue weighted by Crippen LogP contribution is -2.24. The number of nitrogens with zero attached hydrogens (tertiary/aromatic N) is 2. The van der Waals surface area contributed by atoms with Crippen molar-refractivity contribution in [2.75, 3.05) is 10.6 Å². The van der Waals surface area contributed by atoms with E-state index in [4.69, 9.17) is 0 Å². The molecule has 0 saturated heterocycles. The summed E-state index contributed by atoms with van der Waals surface area (Å²) in [7, 11) is 0. The zero-order valence-corrected chi connectivity index (χ0v) is 23.5. The average Bonchev–Trinajstić information content (AvgIpc) is 3.42. The van der Waals surface area contributed by atoms with Crippen molar-refractivity contribution in [2.24, 2.45) is 5.10 Å². The number of rotatable bonds is 6. The zero-order valence-electron chi connectivity index (χ0n) is 22.7. The molecule has 3 N–H and O–H groups in total. The van der Waals surface area contributed by atoms with Gasteiger partial charge in [-0.25, -0.2) is 10.2 Å². The fourth-order valence-corrected chi connectivity index (χ4v) is 6.46. The molecule has 2 heterocycles. The number of hydrogen-bond acceptors (Lipinski definition) is 4. The van der Waals surface area contributed by atoms with Crippen LogP contribution in [0.2, 0.25) is 0 Å². The lowest BCUT2D eigenvalue weighted by atomic mass is 9.95. The number of aryl methyl sites for hydroxylation is 4. The van der Waals surface area contributed by atoms with Crippen LogP contribution in [0.15, 0.2) is 59.7 Å². The Balaban J connectivity index is 1.40. The molecule has 2 aromatic carbocycles. The smallest absolute Gasteiger partial charge is 0.322 e. The number of urea groups is 1. The number of carbonyl (C=O) groups excluding carboxylic acids is 2. The second-order valence-electron chi connectivity index (χ2n) is 10.1. The number of hydrazone groups is 1. The van der Waals surface area contributed by atoms with Crippen LogP contribution in [0.25, 0.3) is 5.00 Å². The fraction of sp³-hybridized carbons (Fsp3) is 0.258. The molecular formula is C31H33N5O2S. The average molecular weight is 540 g/mol. The summed E-state index contributed by atoms with van der Waals surface area (Å²) < 4.78 is 2.14. The summed E-state index contributed by atoms with van der Waals surface area (Å²) in [5.74, 6) is -0.0783. The number of amides is 3. The summed E-state index contributed by atoms with van der Waals surface area (Å²) in [6, 6.07) is 17.1. The Morgan fingerprint density at radius 2 is 1.49 bits per heavy atom. The predicted molar refractivity (Wildman–Crippen MR) is 160 cm³/mol. The number of benzene rings is 2. The van der Waals surface area contributed by atoms with Gasteiger partial charge in [0.2, 0.25) is 0 Å². The molecule has 0 radical (unpaired) electrons. The van der Waals surface area contributed by atoms with E-state index in [9.17, 15) is 9.59 Å². The van der Waals surface area contributed by atoms with Gasteiger partial charge in [-0.2, -0.15) is 5.10 Å². The molecule has 0 atom stereocenters. The molecule has 7 nitrogen and oxygen atoms in total. The van der Waals surface area contributed by atoms with Crippen molar-refractivity contribution in [3.63, 3.8) is 0 Å². The zero-order chi connectivity index (χ0) is 27.5. The number of fused-ring (bicyclic) bond motifs is 1. The fourth-order valence-electron chi connectivity index (χ4n) is 4.96. The maximum atomic E-state index is 13.7. The molecule has 1 aliphatic rings. The van der Waals surface area contributed by atoms with Gasteiger partial charge in [0.1, 0.15) is 5.00 Å². The number of nitrogens with one attached hydrogen (secondary N) is 3. The van der Waals surface area contributed by atoms with E-state index in [0.29, 0.717) is 5.69 Å². The number of hydrogen-bond donors (Lipinski definition) is 3. The third kappa shape index (κ3) is 5.81. The lowest BCUT2D eigenvalue weighted by Gasteiger charge is -2.14. The number of thiophene rings is 1. The van der Waals surface area contributed by atoms with Crippen LogP contribution in [-0.2, 0) is 12.8 Å². The van der Waals surface area contributed by atoms with Gasteiger partial charge in [-0.1, -0.05) is 35.4 Å². The summed E-state index contributed by atoms with van der Waals surface area (Å²) >= 11 is 1.71. The topological polar surface area (TPSA) is 87.5 Å². The van der Waals surface area contributed by atoms with Crippen LogP contribution in [0.5, 0.6) is 0 Å². The molecule has 2 aromatic heterocycles. The van der Waals surface area contributed by atoms with Crippen molar-refractivity contribution in [3.05, 3.63) is 98.7 Å². The Labute approximate surface area is 233 Å². The third-order valence-corrected chi connectivity index (χ3v) is 8.32. The van der Waals surface area contributed by atoms with Gasteiger partial charge < -0.3 is 15.2 Å². The van der Waals surface area contributed by atoms with Crippen molar-refractivity contribution < 1.29 is 9.59 Å². The van der Waals surface area contributed by atoms with Crippen LogP contribution >= 0.6 is 11.3 Å². The van der Waals surface area contributed by atoms with Gasteiger partial charge in [0.15, 0.2) is 0 Å². The standard InChI is InChI=1S/C31H33N5O2S/c1-19-9-13-24(14-10-19)33-29(37)28-26-7-5-6-8-27(26)39-30(28)36-21(3)17-23(22(36)4)18-32-35-31(38)34-25-15-11-20(2)12-16-25/h9-18H,5-8H2,1-4H3,(H,33,37)(H2,34,35,38)/b32-18+. The molecule has 0 spiro atoms. The minimum absolute atomic E-state index is 0.0783. The Kier molecular flexibility index (Phi) is 7.65. The van der Waals surface area contributed by atoms with Gasteiger partial charge in [-0.3, -0.25) is 4.79 Å². The minimum Gasteiger partial charge on any atom is -0.322 e. The highest BCUT2D eigenvalue weighted by Crippen LogP contribution is 2.39. The highest BCUT2D eigenvalue weighted by Gasteiger charge is 2.28. The quantitative estimate of drug-likeness (QED) is 0.181. The first-order valence-corrected chi connectivity index (χ1v) is 14.0. The van der Waals surface area contributed by atoms with Crippen molar-refractivity contribution in [3.8, 4) is 5.00 Å². The van der Waals surface area contributed by atoms with E-state index in [0.717, 1.165) is 70.0 Å². The maximum Gasteiger partial charge on any atom is 0.339 e. The molecule has 39 heavy (non-hydrogen) atoms. The first-order valence-electron chi connectivity index (χ1n) is 13.2. The molecule has 4 aromatic rings. The van der Waals surface area contributed by atoms with Gasteiger partial charge in [0.05, 0.1) is 11.8 Å². The van der Waals surface area contributed by atoms with Gasteiger partial charge in [-0.05, 0) is 89.3 Å². The van der Waals surface area contributed by atoms with E-state index in [1.807, 2.05) is 82.3 Å². The molecule has 3 amide bonds. The monoisotopic (exact) mass is 539 g/mol. The van der Waals surface area contributed by atoms with Crippen molar-refractivity contribution in [2.45, 2.75) is 53.4 Å². The lowest BCUT2D eigenvalue weighted by molar-refractivity contribution is 0.102. The molecule has 0 saturated carbocycles. The van der Waals surface area contributed by atoms with E-state index in [-0.39, 0.29) is 5.91 Å². The van der Waals surface area contributed by atoms with Gasteiger partial charge in [0, 0.05) is 33.2 Å². The first kappa shape index (κ1) is 26.4. The van der Waals surface area contributed by atoms with Crippen LogP contribution < -0.4 is 16.1 Å². The number of aromatic nitrogens is 1. The Morgan fingerprint density at radius 3 is 2.15 bits per heavy atom. The molecule has 1 aliphatic carbocycles. The van der Waals surface area contributed by atoms with E-state index >= 15 is 0 Å². The molecule has 8 heteroatoms. The predicted octanol–water partition coefficient (Wildman–Crippen LogP) is 7.06. The van der Waals surface area contributed by atoms with Crippen LogP contribution in [0.4, 0.5) is 16.2 Å². The normalized spacial score (nSPS) is 12.8. The van der Waals surface area contributed by atoms with Crippen LogP contribution in [-0.4, -0.2) is 22.7 Å². The second kappa shape index (κ2) is 11.3. The second-order valence-corrected chi connectivity index (χ2v) is 11.1. The number of anilines is 2. The largest absolute Gasteiger partial charge is 0.339 e. The highest BCUT2D eigenvalue weighted by molar-refractivity contribution is 7.15. The number of carbonyl (C=O) groups is 2. The summed E-state index contributed by atoms with van der Waals surface area (Å²) in [6.45, 7) is 8.07. The molecular weight excluding hydrogens is 506 g/mol. The maximum absolute atomic E-state index is 13.7. The van der Waals surface area contributed by atoms with Crippen molar-refractivity contribution >= 4 is 40.9 Å². The van der Waals surface area contributed by atoms with E-state index in [1.54, 1.807) is 17.6 Å². The molecule has 0 bridgehead atoms. The SMILES string of the molecule is Cc1ccc(NC(=O)N/N=C/c2cc(C)n(-c3sc4c(c3C(=O)Nc3ccc(C)cc3)CCCC4)c2C)cc1. The Hall–Kier alpha value is -4.17. The molecule has 0 aliphatic heterocycles. The molecule has 5 rings (SSSR count). The summed E-state index contributed by atoms with van der Waals surface area (Å²) in [6.07, 6.45) is 5.79. The highest BCUT2D eigenvalue weighted by atomic mass is 32.1. The van der Waals surface area contributed by atoms with Gasteiger partial charge >= 0.3 is 6.03 Å². The van der Waals surface area contributed by atoms with Crippen molar-refractivity contribution in [1.29, 1.82) is 0 Å². The minimum atomic E-state index is -0.412. The van der Waals surface area contributed by atoms with E-state index in [1.165, 1.54) is 10.4 Å². The Bertz CT molecular complexity index is 1550. The van der Waals surface area contributed by atoms with E-state index < -0.39 is 6.03 Å². The Morgan fingerprint density at radius 1 is 0.872 bits per heavy atom. The van der Waals surface area contributed by atoms with Crippen molar-refractivity contribution in [1.82, 2.24) is 9.99 Å². The molecule has 200 valence electrons. The van der Waals surface area contributed by atoms with Gasteiger partial charge in [-0.15, -0.1) is 11.3 Å². The van der Waals surface area contributed by atoms with Gasteiger partial charge in [0.25, 0.3) is 5.91 Å². The summed E-state index contributed by atoms with van der Waals surface area (Å²) in [4.78, 5) is 27.2.